The molecule has 0 spiro atoms. The molecule has 1 aliphatic rings. The van der Waals surface area contributed by atoms with E-state index in [9.17, 15) is 5.11 Å². The van der Waals surface area contributed by atoms with Crippen LogP contribution in [0.5, 0.6) is 5.75 Å². The van der Waals surface area contributed by atoms with Crippen LogP contribution >= 0.6 is 0 Å². The fraction of sp³-hybridized carbons (Fsp3) is 0.647. The van der Waals surface area contributed by atoms with Gasteiger partial charge in [0.15, 0.2) is 0 Å². The van der Waals surface area contributed by atoms with Gasteiger partial charge in [0.05, 0.1) is 13.2 Å². The van der Waals surface area contributed by atoms with E-state index >= 15 is 0 Å². The molecule has 21 heavy (non-hydrogen) atoms. The van der Waals surface area contributed by atoms with Crippen molar-refractivity contribution < 1.29 is 9.84 Å². The van der Waals surface area contributed by atoms with Gasteiger partial charge in [-0.15, -0.1) is 0 Å². The van der Waals surface area contributed by atoms with Crippen molar-refractivity contribution in [2.24, 2.45) is 0 Å². The van der Waals surface area contributed by atoms with Gasteiger partial charge in [-0.05, 0) is 50.9 Å². The van der Waals surface area contributed by atoms with Crippen molar-refractivity contribution in [1.29, 1.82) is 0 Å². The molecule has 4 nitrogen and oxygen atoms in total. The predicted molar refractivity (Wildman–Crippen MR) is 86.9 cm³/mol. The van der Waals surface area contributed by atoms with Crippen LogP contribution < -0.4 is 10.1 Å². The fourth-order valence-electron chi connectivity index (χ4n) is 2.94. The highest BCUT2D eigenvalue weighted by atomic mass is 16.5. The van der Waals surface area contributed by atoms with Crippen LogP contribution in [0.1, 0.15) is 38.7 Å². The summed E-state index contributed by atoms with van der Waals surface area (Å²) < 4.78 is 5.52. The van der Waals surface area contributed by atoms with Crippen LogP contribution in [0.4, 0.5) is 5.69 Å². The maximum Gasteiger partial charge on any atom is 0.124 e. The number of aliphatic hydroxyl groups is 1. The first-order chi connectivity index (χ1) is 10.3. The number of ether oxygens (including phenoxy) is 1. The SMILES string of the molecule is CCCN1CCC(Nc2ccc(OCC)c(CO)c2)CC1. The standard InChI is InChI=1S/C17H28N2O2/c1-3-9-19-10-7-15(8-11-19)18-16-5-6-17(21-4-2)14(12-16)13-20/h5-6,12,15,18,20H,3-4,7-11,13H2,1-2H3. The molecule has 0 atom stereocenters. The average molecular weight is 292 g/mol. The van der Waals surface area contributed by atoms with E-state index in [-0.39, 0.29) is 6.61 Å². The summed E-state index contributed by atoms with van der Waals surface area (Å²) >= 11 is 0. The van der Waals surface area contributed by atoms with Crippen molar-refractivity contribution in [2.45, 2.75) is 45.8 Å². The molecule has 1 aromatic carbocycles. The molecule has 0 radical (unpaired) electrons. The summed E-state index contributed by atoms with van der Waals surface area (Å²) in [7, 11) is 0. The third kappa shape index (κ3) is 4.61. The summed E-state index contributed by atoms with van der Waals surface area (Å²) in [6, 6.07) is 6.53. The van der Waals surface area contributed by atoms with Crippen LogP contribution in [0.2, 0.25) is 0 Å². The highest BCUT2D eigenvalue weighted by molar-refractivity contribution is 5.51. The summed E-state index contributed by atoms with van der Waals surface area (Å²) in [5.74, 6) is 0.781. The molecule has 1 aromatic rings. The molecule has 2 N–H and O–H groups in total. The highest BCUT2D eigenvalue weighted by Crippen LogP contribution is 2.25. The van der Waals surface area contributed by atoms with Crippen molar-refractivity contribution in [1.82, 2.24) is 4.90 Å². The third-order valence-electron chi connectivity index (χ3n) is 4.03. The number of likely N-dealkylation sites (tertiary alicyclic amines) is 1. The van der Waals surface area contributed by atoms with Crippen LogP contribution in [0, 0.1) is 0 Å². The molecule has 0 unspecified atom stereocenters. The molecule has 2 rings (SSSR count). The molecule has 0 amide bonds. The molecule has 0 saturated carbocycles. The first kappa shape index (κ1) is 16.1. The van der Waals surface area contributed by atoms with E-state index in [4.69, 9.17) is 4.74 Å². The van der Waals surface area contributed by atoms with Gasteiger partial charge >= 0.3 is 0 Å². The zero-order chi connectivity index (χ0) is 15.1. The summed E-state index contributed by atoms with van der Waals surface area (Å²) in [5.41, 5.74) is 1.93. The zero-order valence-electron chi connectivity index (χ0n) is 13.3. The number of aliphatic hydroxyl groups excluding tert-OH is 1. The molecule has 0 bridgehead atoms. The first-order valence-electron chi connectivity index (χ1n) is 8.12. The van der Waals surface area contributed by atoms with Crippen molar-refractivity contribution in [3.8, 4) is 5.75 Å². The van der Waals surface area contributed by atoms with Crippen molar-refractivity contribution in [3.63, 3.8) is 0 Å². The van der Waals surface area contributed by atoms with Crippen LogP contribution in [0.25, 0.3) is 0 Å². The van der Waals surface area contributed by atoms with Gasteiger partial charge in [-0.2, -0.15) is 0 Å². The van der Waals surface area contributed by atoms with Gasteiger partial charge < -0.3 is 20.1 Å². The minimum absolute atomic E-state index is 0.0137. The molecule has 0 aliphatic carbocycles. The smallest absolute Gasteiger partial charge is 0.124 e. The Kier molecular flexibility index (Phi) is 6.33. The van der Waals surface area contributed by atoms with Gasteiger partial charge in [-0.1, -0.05) is 6.92 Å². The topological polar surface area (TPSA) is 44.7 Å². The molecule has 1 aliphatic heterocycles. The zero-order valence-corrected chi connectivity index (χ0v) is 13.3. The van der Waals surface area contributed by atoms with Gasteiger partial charge in [0.1, 0.15) is 5.75 Å². The van der Waals surface area contributed by atoms with Crippen LogP contribution in [-0.2, 0) is 6.61 Å². The molecule has 118 valence electrons. The van der Waals surface area contributed by atoms with Crippen LogP contribution in [0.3, 0.4) is 0 Å². The van der Waals surface area contributed by atoms with Crippen molar-refractivity contribution in [2.75, 3.05) is 31.6 Å². The van der Waals surface area contributed by atoms with Gasteiger partial charge in [0.25, 0.3) is 0 Å². The predicted octanol–water partition coefficient (Wildman–Crippen LogP) is 2.86. The number of hydrogen-bond donors (Lipinski definition) is 2. The maximum atomic E-state index is 9.45. The lowest BCUT2D eigenvalue weighted by Gasteiger charge is -2.32. The van der Waals surface area contributed by atoms with Crippen LogP contribution in [0.15, 0.2) is 18.2 Å². The molecular formula is C17H28N2O2. The molecule has 1 heterocycles. The quantitative estimate of drug-likeness (QED) is 0.811. The molecular weight excluding hydrogens is 264 g/mol. The highest BCUT2D eigenvalue weighted by Gasteiger charge is 2.18. The lowest BCUT2D eigenvalue weighted by atomic mass is 10.0. The normalized spacial score (nSPS) is 16.9. The fourth-order valence-corrected chi connectivity index (χ4v) is 2.94. The van der Waals surface area contributed by atoms with E-state index in [0.29, 0.717) is 12.6 Å². The summed E-state index contributed by atoms with van der Waals surface area (Å²) in [6.07, 6.45) is 3.60. The Balaban J connectivity index is 1.91. The summed E-state index contributed by atoms with van der Waals surface area (Å²) in [5, 5.41) is 13.0. The minimum atomic E-state index is 0.0137. The van der Waals surface area contributed by atoms with Gasteiger partial charge in [0.2, 0.25) is 0 Å². The Hall–Kier alpha value is -1.26. The number of nitrogens with one attached hydrogen (secondary N) is 1. The molecule has 0 aromatic heterocycles. The van der Waals surface area contributed by atoms with Gasteiger partial charge in [-0.3, -0.25) is 0 Å². The second-order valence-corrected chi connectivity index (χ2v) is 5.67. The maximum absolute atomic E-state index is 9.45. The number of anilines is 1. The second-order valence-electron chi connectivity index (χ2n) is 5.67. The van der Waals surface area contributed by atoms with Crippen molar-refractivity contribution >= 4 is 5.69 Å². The first-order valence-corrected chi connectivity index (χ1v) is 8.12. The lowest BCUT2D eigenvalue weighted by Crippen LogP contribution is -2.39. The van der Waals surface area contributed by atoms with Crippen LogP contribution in [-0.4, -0.2) is 42.3 Å². The van der Waals surface area contributed by atoms with E-state index in [1.807, 2.05) is 25.1 Å². The number of piperidine rings is 1. The van der Waals surface area contributed by atoms with E-state index in [2.05, 4.69) is 17.1 Å². The van der Waals surface area contributed by atoms with E-state index in [1.54, 1.807) is 0 Å². The van der Waals surface area contributed by atoms with Crippen molar-refractivity contribution in [3.05, 3.63) is 23.8 Å². The Bertz CT molecular complexity index is 429. The Labute approximate surface area is 128 Å². The lowest BCUT2D eigenvalue weighted by molar-refractivity contribution is 0.219. The molecule has 1 fully saturated rings. The number of hydrogen-bond acceptors (Lipinski definition) is 4. The number of nitrogens with zero attached hydrogens (tertiary/aromatic N) is 1. The number of benzene rings is 1. The average Bonchev–Trinajstić information content (AvgIpc) is 2.51. The summed E-state index contributed by atoms with van der Waals surface area (Å²) in [6.45, 7) is 8.39. The summed E-state index contributed by atoms with van der Waals surface area (Å²) in [4.78, 5) is 2.54. The Morgan fingerprint density at radius 3 is 2.67 bits per heavy atom. The largest absolute Gasteiger partial charge is 0.494 e. The van der Waals surface area contributed by atoms with E-state index in [0.717, 1.165) is 17.0 Å². The van der Waals surface area contributed by atoms with E-state index < -0.39 is 0 Å². The monoisotopic (exact) mass is 292 g/mol. The van der Waals surface area contributed by atoms with E-state index in [1.165, 1.54) is 38.9 Å². The molecule has 4 heteroatoms. The Morgan fingerprint density at radius 2 is 2.05 bits per heavy atom. The Morgan fingerprint density at radius 1 is 1.29 bits per heavy atom. The number of rotatable bonds is 7. The van der Waals surface area contributed by atoms with Gasteiger partial charge in [-0.25, -0.2) is 0 Å². The second kappa shape index (κ2) is 8.25. The molecule has 1 saturated heterocycles. The van der Waals surface area contributed by atoms with Gasteiger partial charge in [0, 0.05) is 30.4 Å². The minimum Gasteiger partial charge on any atom is -0.494 e. The third-order valence-corrected chi connectivity index (χ3v) is 4.03.